The van der Waals surface area contributed by atoms with Crippen LogP contribution in [0.3, 0.4) is 0 Å². The molecule has 0 heterocycles. The molecule has 0 atom stereocenters. The van der Waals surface area contributed by atoms with E-state index in [4.69, 9.17) is 5.11 Å². The molecule has 1 aliphatic carbocycles. The van der Waals surface area contributed by atoms with Crippen molar-refractivity contribution in [3.8, 4) is 0 Å². The fourth-order valence-corrected chi connectivity index (χ4v) is 3.86. The van der Waals surface area contributed by atoms with Crippen LogP contribution in [0.5, 0.6) is 0 Å². The number of fused-ring (bicyclic) bond motifs is 1. The lowest BCUT2D eigenvalue weighted by atomic mass is 9.63. The standard InChI is InChI=1S/C23H33NO2/c1-16(13-21(25)26)9-8-12-24(7)20-15-19-18(14-17(20)2)22(3,4)10-11-23(19,5)6/h8-9,13-15H,10-12H2,1-7H3,(H,25,26)/b9-8+,16-13+. The van der Waals surface area contributed by atoms with Gasteiger partial charge >= 0.3 is 5.97 Å². The van der Waals surface area contributed by atoms with Gasteiger partial charge < -0.3 is 10.0 Å². The Labute approximate surface area is 158 Å². The molecule has 0 fully saturated rings. The van der Waals surface area contributed by atoms with Crippen molar-refractivity contribution < 1.29 is 9.90 Å². The molecule has 0 bridgehead atoms. The molecule has 1 aliphatic rings. The summed E-state index contributed by atoms with van der Waals surface area (Å²) in [6.45, 7) is 14.1. The van der Waals surface area contributed by atoms with Crippen molar-refractivity contribution in [2.75, 3.05) is 18.5 Å². The van der Waals surface area contributed by atoms with Gasteiger partial charge in [0.05, 0.1) is 0 Å². The van der Waals surface area contributed by atoms with E-state index in [2.05, 4.69) is 58.7 Å². The minimum atomic E-state index is -0.907. The smallest absolute Gasteiger partial charge is 0.328 e. The zero-order chi connectivity index (χ0) is 19.7. The zero-order valence-electron chi connectivity index (χ0n) is 17.3. The van der Waals surface area contributed by atoms with Gasteiger partial charge in [0.1, 0.15) is 0 Å². The van der Waals surface area contributed by atoms with Gasteiger partial charge in [0.15, 0.2) is 0 Å². The van der Waals surface area contributed by atoms with Crippen molar-refractivity contribution in [3.05, 3.63) is 52.6 Å². The first-order chi connectivity index (χ1) is 11.9. The Morgan fingerprint density at radius 3 is 2.23 bits per heavy atom. The van der Waals surface area contributed by atoms with E-state index >= 15 is 0 Å². The van der Waals surface area contributed by atoms with E-state index in [9.17, 15) is 4.79 Å². The van der Waals surface area contributed by atoms with Crippen LogP contribution in [0.15, 0.2) is 35.9 Å². The van der Waals surface area contributed by atoms with Gasteiger partial charge in [-0.25, -0.2) is 4.79 Å². The maximum Gasteiger partial charge on any atom is 0.328 e. The van der Waals surface area contributed by atoms with Crippen LogP contribution in [0, 0.1) is 6.92 Å². The summed E-state index contributed by atoms with van der Waals surface area (Å²) in [5.74, 6) is -0.907. The van der Waals surface area contributed by atoms with Crippen LogP contribution >= 0.6 is 0 Å². The Morgan fingerprint density at radius 2 is 1.69 bits per heavy atom. The number of hydrogen-bond acceptors (Lipinski definition) is 2. The highest BCUT2D eigenvalue weighted by molar-refractivity contribution is 5.81. The molecule has 3 nitrogen and oxygen atoms in total. The molecule has 0 aliphatic heterocycles. The number of benzene rings is 1. The molecule has 1 N–H and O–H groups in total. The summed E-state index contributed by atoms with van der Waals surface area (Å²) in [5.41, 5.74) is 6.67. The minimum absolute atomic E-state index is 0.199. The van der Waals surface area contributed by atoms with E-state index in [0.29, 0.717) is 0 Å². The molecule has 0 saturated carbocycles. The maximum atomic E-state index is 10.7. The first kappa shape index (κ1) is 20.3. The summed E-state index contributed by atoms with van der Waals surface area (Å²) in [4.78, 5) is 12.9. The third-order valence-electron chi connectivity index (χ3n) is 5.69. The average molecular weight is 356 g/mol. The van der Waals surface area contributed by atoms with Crippen molar-refractivity contribution in [1.82, 2.24) is 0 Å². The van der Waals surface area contributed by atoms with Crippen molar-refractivity contribution in [2.45, 2.75) is 65.2 Å². The summed E-state index contributed by atoms with van der Waals surface area (Å²) in [5, 5.41) is 8.79. The van der Waals surface area contributed by atoms with Crippen molar-refractivity contribution in [3.63, 3.8) is 0 Å². The largest absolute Gasteiger partial charge is 0.478 e. The SMILES string of the molecule is CC(/C=C/CN(C)c1cc2c(cc1C)C(C)(C)CCC2(C)C)=C\C(=O)O. The Hall–Kier alpha value is -2.03. The monoisotopic (exact) mass is 355 g/mol. The van der Waals surface area contributed by atoms with Crippen molar-refractivity contribution >= 4 is 11.7 Å². The molecular formula is C23H33NO2. The highest BCUT2D eigenvalue weighted by atomic mass is 16.4. The molecule has 26 heavy (non-hydrogen) atoms. The molecule has 1 aromatic carbocycles. The van der Waals surface area contributed by atoms with Gasteiger partial charge in [0.25, 0.3) is 0 Å². The Kier molecular flexibility index (Phi) is 5.70. The number of anilines is 1. The van der Waals surface area contributed by atoms with Crippen LogP contribution < -0.4 is 4.90 Å². The van der Waals surface area contributed by atoms with E-state index in [1.807, 2.05) is 12.2 Å². The predicted octanol–water partition coefficient (Wildman–Crippen LogP) is 5.37. The number of carboxylic acid groups (broad SMARTS) is 1. The first-order valence-electron chi connectivity index (χ1n) is 9.38. The van der Waals surface area contributed by atoms with Gasteiger partial charge in [-0.1, -0.05) is 45.9 Å². The molecule has 2 rings (SSSR count). The van der Waals surface area contributed by atoms with Gasteiger partial charge in [0.2, 0.25) is 0 Å². The number of allylic oxidation sites excluding steroid dienone is 2. The number of rotatable bonds is 5. The van der Waals surface area contributed by atoms with Gasteiger partial charge in [0, 0.05) is 25.4 Å². The fraction of sp³-hybridized carbons (Fsp3) is 0.522. The number of likely N-dealkylation sites (N-methyl/N-ethyl adjacent to an activating group) is 1. The third kappa shape index (κ3) is 4.38. The molecule has 0 aromatic heterocycles. The number of nitrogens with zero attached hydrogens (tertiary/aromatic N) is 1. The van der Waals surface area contributed by atoms with Crippen molar-refractivity contribution in [2.24, 2.45) is 0 Å². The molecule has 3 heteroatoms. The molecule has 0 saturated heterocycles. The van der Waals surface area contributed by atoms with E-state index in [1.165, 1.54) is 41.3 Å². The molecule has 142 valence electrons. The molecule has 0 unspecified atom stereocenters. The maximum absolute atomic E-state index is 10.7. The lowest BCUT2D eigenvalue weighted by Crippen LogP contribution is -2.34. The lowest BCUT2D eigenvalue weighted by Gasteiger charge is -2.43. The second-order valence-corrected chi connectivity index (χ2v) is 8.96. The summed E-state index contributed by atoms with van der Waals surface area (Å²) < 4.78 is 0. The van der Waals surface area contributed by atoms with Crippen LogP contribution in [-0.4, -0.2) is 24.7 Å². The molecular weight excluding hydrogens is 322 g/mol. The first-order valence-corrected chi connectivity index (χ1v) is 9.38. The fourth-order valence-electron chi connectivity index (χ4n) is 3.86. The molecule has 0 amide bonds. The number of aliphatic carboxylic acids is 1. The van der Waals surface area contributed by atoms with E-state index in [0.717, 1.165) is 12.1 Å². The lowest BCUT2D eigenvalue weighted by molar-refractivity contribution is -0.131. The zero-order valence-corrected chi connectivity index (χ0v) is 17.3. The molecule has 0 radical (unpaired) electrons. The number of carbonyl (C=O) groups is 1. The number of hydrogen-bond donors (Lipinski definition) is 1. The molecule has 1 aromatic rings. The Bertz CT molecular complexity index is 754. The minimum Gasteiger partial charge on any atom is -0.478 e. The number of carboxylic acids is 1. The van der Waals surface area contributed by atoms with Gasteiger partial charge in [-0.2, -0.15) is 0 Å². The van der Waals surface area contributed by atoms with E-state index in [-0.39, 0.29) is 10.8 Å². The second kappa shape index (κ2) is 7.30. The Balaban J connectivity index is 2.31. The van der Waals surface area contributed by atoms with Crippen LogP contribution in [0.2, 0.25) is 0 Å². The predicted molar refractivity (Wildman–Crippen MR) is 110 cm³/mol. The normalized spacial score (nSPS) is 18.7. The average Bonchev–Trinajstić information content (AvgIpc) is 2.50. The van der Waals surface area contributed by atoms with Crippen LogP contribution in [0.1, 0.15) is 64.2 Å². The summed E-state index contributed by atoms with van der Waals surface area (Å²) in [6, 6.07) is 4.75. The highest BCUT2D eigenvalue weighted by Crippen LogP contribution is 2.47. The van der Waals surface area contributed by atoms with Crippen LogP contribution in [0.4, 0.5) is 5.69 Å². The van der Waals surface area contributed by atoms with Crippen molar-refractivity contribution in [1.29, 1.82) is 0 Å². The highest BCUT2D eigenvalue weighted by Gasteiger charge is 2.37. The molecule has 0 spiro atoms. The van der Waals surface area contributed by atoms with Crippen LogP contribution in [-0.2, 0) is 15.6 Å². The Morgan fingerprint density at radius 1 is 1.15 bits per heavy atom. The van der Waals surface area contributed by atoms with Gasteiger partial charge in [-0.3, -0.25) is 0 Å². The number of aryl methyl sites for hydroxylation is 1. The van der Waals surface area contributed by atoms with Crippen LogP contribution in [0.25, 0.3) is 0 Å². The van der Waals surface area contributed by atoms with E-state index in [1.54, 1.807) is 6.92 Å². The quantitative estimate of drug-likeness (QED) is 0.570. The third-order valence-corrected chi connectivity index (χ3v) is 5.69. The second-order valence-electron chi connectivity index (χ2n) is 8.96. The van der Waals surface area contributed by atoms with E-state index < -0.39 is 5.97 Å². The summed E-state index contributed by atoms with van der Waals surface area (Å²) in [7, 11) is 2.09. The van der Waals surface area contributed by atoms with Gasteiger partial charge in [-0.05, 0) is 65.8 Å². The topological polar surface area (TPSA) is 40.5 Å². The summed E-state index contributed by atoms with van der Waals surface area (Å²) in [6.07, 6.45) is 7.54. The summed E-state index contributed by atoms with van der Waals surface area (Å²) >= 11 is 0. The van der Waals surface area contributed by atoms with Gasteiger partial charge in [-0.15, -0.1) is 0 Å².